The van der Waals surface area contributed by atoms with Crippen LogP contribution in [0.25, 0.3) is 0 Å². The molecule has 0 radical (unpaired) electrons. The van der Waals surface area contributed by atoms with Crippen LogP contribution in [0.5, 0.6) is 0 Å². The van der Waals surface area contributed by atoms with Crippen LogP contribution < -0.4 is 10.6 Å². The topological polar surface area (TPSA) is 24.1 Å². The zero-order valence-corrected chi connectivity index (χ0v) is 13.1. The van der Waals surface area contributed by atoms with Crippen molar-refractivity contribution in [3.05, 3.63) is 0 Å². The summed E-state index contributed by atoms with van der Waals surface area (Å²) in [4.78, 5) is 0. The number of hydrogen-bond acceptors (Lipinski definition) is 2. The van der Waals surface area contributed by atoms with Crippen molar-refractivity contribution in [3.8, 4) is 0 Å². The highest BCUT2D eigenvalue weighted by Gasteiger charge is 2.16. The van der Waals surface area contributed by atoms with Crippen molar-refractivity contribution < 1.29 is 0 Å². The number of hydrogen-bond donors (Lipinski definition) is 2. The van der Waals surface area contributed by atoms with E-state index in [0.717, 1.165) is 37.4 Å². The largest absolute Gasteiger partial charge is 0.316 e. The maximum atomic E-state index is 3.59. The first-order valence-electron chi connectivity index (χ1n) is 7.19. The minimum atomic E-state index is 0.248. The lowest BCUT2D eigenvalue weighted by Crippen LogP contribution is -2.38. The molecule has 0 saturated heterocycles. The summed E-state index contributed by atoms with van der Waals surface area (Å²) in [5, 5.41) is 7.11. The molecule has 0 aromatic heterocycles. The first-order chi connectivity index (χ1) is 7.74. The maximum absolute atomic E-state index is 3.59. The van der Waals surface area contributed by atoms with E-state index in [1.54, 1.807) is 0 Å². The van der Waals surface area contributed by atoms with Crippen molar-refractivity contribution >= 4 is 0 Å². The standard InChI is InChI=1S/C15H34N2/c1-12(2)14(13(3)4)11-16-9-8-10-17-15(5,6)7/h12-14,16-17H,8-11H2,1-7H3. The number of nitrogens with one attached hydrogen (secondary N) is 2. The Labute approximate surface area is 109 Å². The van der Waals surface area contributed by atoms with Crippen LogP contribution in [-0.4, -0.2) is 25.2 Å². The van der Waals surface area contributed by atoms with Crippen molar-refractivity contribution in [3.63, 3.8) is 0 Å². The fraction of sp³-hybridized carbons (Fsp3) is 1.00. The predicted molar refractivity (Wildman–Crippen MR) is 78.4 cm³/mol. The van der Waals surface area contributed by atoms with Gasteiger partial charge in [-0.25, -0.2) is 0 Å². The third-order valence-corrected chi connectivity index (χ3v) is 3.28. The highest BCUT2D eigenvalue weighted by Crippen LogP contribution is 2.19. The van der Waals surface area contributed by atoms with Crippen LogP contribution in [0.4, 0.5) is 0 Å². The average molecular weight is 242 g/mol. The van der Waals surface area contributed by atoms with Gasteiger partial charge in [-0.05, 0) is 64.6 Å². The average Bonchev–Trinajstić information content (AvgIpc) is 2.13. The Hall–Kier alpha value is -0.0800. The van der Waals surface area contributed by atoms with E-state index in [-0.39, 0.29) is 5.54 Å². The summed E-state index contributed by atoms with van der Waals surface area (Å²) in [5.41, 5.74) is 0.248. The van der Waals surface area contributed by atoms with Crippen LogP contribution in [0.3, 0.4) is 0 Å². The molecule has 0 amide bonds. The van der Waals surface area contributed by atoms with Crippen LogP contribution in [0.1, 0.15) is 54.9 Å². The highest BCUT2D eigenvalue weighted by molar-refractivity contribution is 4.71. The second-order valence-corrected chi connectivity index (χ2v) is 6.89. The first-order valence-corrected chi connectivity index (χ1v) is 7.19. The van der Waals surface area contributed by atoms with Gasteiger partial charge in [0.2, 0.25) is 0 Å². The fourth-order valence-corrected chi connectivity index (χ4v) is 2.19. The van der Waals surface area contributed by atoms with Gasteiger partial charge in [0.15, 0.2) is 0 Å². The Morgan fingerprint density at radius 2 is 1.41 bits per heavy atom. The third-order valence-electron chi connectivity index (χ3n) is 3.28. The van der Waals surface area contributed by atoms with E-state index in [4.69, 9.17) is 0 Å². The van der Waals surface area contributed by atoms with Gasteiger partial charge in [-0.3, -0.25) is 0 Å². The minimum absolute atomic E-state index is 0.248. The summed E-state index contributed by atoms with van der Waals surface area (Å²) in [5.74, 6) is 2.34. The molecule has 2 heteroatoms. The monoisotopic (exact) mass is 242 g/mol. The van der Waals surface area contributed by atoms with E-state index in [9.17, 15) is 0 Å². The quantitative estimate of drug-likeness (QED) is 0.638. The van der Waals surface area contributed by atoms with Crippen molar-refractivity contribution in [1.82, 2.24) is 10.6 Å². The molecule has 0 aliphatic heterocycles. The first kappa shape index (κ1) is 16.9. The van der Waals surface area contributed by atoms with Gasteiger partial charge in [0.25, 0.3) is 0 Å². The predicted octanol–water partition coefficient (Wildman–Crippen LogP) is 3.28. The summed E-state index contributed by atoms with van der Waals surface area (Å²) in [7, 11) is 0. The van der Waals surface area contributed by atoms with Gasteiger partial charge in [0.05, 0.1) is 0 Å². The second-order valence-electron chi connectivity index (χ2n) is 6.89. The lowest BCUT2D eigenvalue weighted by atomic mass is 9.85. The zero-order valence-electron chi connectivity index (χ0n) is 13.1. The second kappa shape index (κ2) is 8.10. The molecule has 104 valence electrons. The van der Waals surface area contributed by atoms with Gasteiger partial charge in [0.1, 0.15) is 0 Å². The van der Waals surface area contributed by atoms with Crippen molar-refractivity contribution in [2.24, 2.45) is 17.8 Å². The molecular weight excluding hydrogens is 208 g/mol. The van der Waals surface area contributed by atoms with Crippen molar-refractivity contribution in [1.29, 1.82) is 0 Å². The van der Waals surface area contributed by atoms with Gasteiger partial charge in [-0.1, -0.05) is 27.7 Å². The van der Waals surface area contributed by atoms with E-state index < -0.39 is 0 Å². The zero-order chi connectivity index (χ0) is 13.5. The van der Waals surface area contributed by atoms with Gasteiger partial charge < -0.3 is 10.6 Å². The Bertz CT molecular complexity index is 172. The van der Waals surface area contributed by atoms with Crippen LogP contribution in [0.15, 0.2) is 0 Å². The SMILES string of the molecule is CC(C)C(CNCCCNC(C)(C)C)C(C)C. The minimum Gasteiger partial charge on any atom is -0.316 e. The molecule has 0 rings (SSSR count). The van der Waals surface area contributed by atoms with E-state index in [1.807, 2.05) is 0 Å². The molecule has 0 heterocycles. The summed E-state index contributed by atoms with van der Waals surface area (Å²) < 4.78 is 0. The van der Waals surface area contributed by atoms with Crippen molar-refractivity contribution in [2.45, 2.75) is 60.4 Å². The molecule has 0 atom stereocenters. The fourth-order valence-electron chi connectivity index (χ4n) is 2.19. The van der Waals surface area contributed by atoms with Gasteiger partial charge in [-0.15, -0.1) is 0 Å². The summed E-state index contributed by atoms with van der Waals surface area (Å²) >= 11 is 0. The Morgan fingerprint density at radius 3 is 1.82 bits per heavy atom. The van der Waals surface area contributed by atoms with Gasteiger partial charge in [-0.2, -0.15) is 0 Å². The van der Waals surface area contributed by atoms with Crippen LogP contribution in [0.2, 0.25) is 0 Å². The summed E-state index contributed by atoms with van der Waals surface area (Å²) in [6.07, 6.45) is 1.21. The highest BCUT2D eigenvalue weighted by atomic mass is 14.9. The van der Waals surface area contributed by atoms with E-state index in [1.165, 1.54) is 6.42 Å². The van der Waals surface area contributed by atoms with Crippen LogP contribution >= 0.6 is 0 Å². The lowest BCUT2D eigenvalue weighted by molar-refractivity contribution is 0.275. The van der Waals surface area contributed by atoms with E-state index in [0.29, 0.717) is 0 Å². The molecule has 0 aromatic rings. The molecule has 17 heavy (non-hydrogen) atoms. The molecule has 0 fully saturated rings. The van der Waals surface area contributed by atoms with E-state index >= 15 is 0 Å². The molecule has 2 nitrogen and oxygen atoms in total. The van der Waals surface area contributed by atoms with Gasteiger partial charge >= 0.3 is 0 Å². The Balaban J connectivity index is 3.56. The Kier molecular flexibility index (Phi) is 8.06. The Morgan fingerprint density at radius 1 is 0.882 bits per heavy atom. The molecule has 0 saturated carbocycles. The molecular formula is C15H34N2. The third kappa shape index (κ3) is 9.61. The molecule has 2 N–H and O–H groups in total. The maximum Gasteiger partial charge on any atom is 0.00965 e. The molecule has 0 spiro atoms. The molecule has 0 unspecified atom stereocenters. The van der Waals surface area contributed by atoms with Crippen LogP contribution in [0, 0.1) is 17.8 Å². The smallest absolute Gasteiger partial charge is 0.00965 e. The molecule has 0 aliphatic carbocycles. The summed E-state index contributed by atoms with van der Waals surface area (Å²) in [6.45, 7) is 19.3. The molecule has 0 bridgehead atoms. The number of rotatable bonds is 8. The van der Waals surface area contributed by atoms with Crippen molar-refractivity contribution in [2.75, 3.05) is 19.6 Å². The van der Waals surface area contributed by atoms with E-state index in [2.05, 4.69) is 59.1 Å². The summed E-state index contributed by atoms with van der Waals surface area (Å²) in [6, 6.07) is 0. The normalized spacial score (nSPS) is 13.1. The molecule has 0 aliphatic rings. The van der Waals surface area contributed by atoms with Gasteiger partial charge in [0, 0.05) is 5.54 Å². The lowest BCUT2D eigenvalue weighted by Gasteiger charge is -2.25. The van der Waals surface area contributed by atoms with Crippen LogP contribution in [-0.2, 0) is 0 Å². The molecule has 0 aromatic carbocycles.